The summed E-state index contributed by atoms with van der Waals surface area (Å²) in [5, 5.41) is 11.5. The van der Waals surface area contributed by atoms with Gasteiger partial charge in [-0.1, -0.05) is 12.2 Å². The summed E-state index contributed by atoms with van der Waals surface area (Å²) in [6.45, 7) is 2.25. The first-order valence-electron chi connectivity index (χ1n) is 8.13. The second kappa shape index (κ2) is 5.42. The van der Waals surface area contributed by atoms with Crippen LogP contribution in [0.5, 0.6) is 0 Å². The molecule has 25 heavy (non-hydrogen) atoms. The molecule has 3 aliphatic heterocycles. The molecule has 3 heterocycles. The van der Waals surface area contributed by atoms with Gasteiger partial charge in [-0.05, 0) is 31.2 Å². The molecule has 3 aliphatic rings. The van der Waals surface area contributed by atoms with E-state index in [4.69, 9.17) is 9.47 Å². The Balaban J connectivity index is 1.61. The van der Waals surface area contributed by atoms with Crippen LogP contribution < -0.4 is 10.0 Å². The van der Waals surface area contributed by atoms with Gasteiger partial charge < -0.3 is 24.3 Å². The number of carboxylic acid groups (broad SMARTS) is 1. The molecule has 1 amide bonds. The molecule has 0 radical (unpaired) electrons. The maximum atomic E-state index is 12.8. The lowest BCUT2D eigenvalue weighted by molar-refractivity contribution is -0.313. The molecule has 4 atom stereocenters. The Morgan fingerprint density at radius 1 is 1.36 bits per heavy atom. The average molecular weight is 342 g/mol. The van der Waals surface area contributed by atoms with Gasteiger partial charge >= 0.3 is 5.97 Å². The molecule has 0 aromatic heterocycles. The fourth-order valence-corrected chi connectivity index (χ4v) is 3.98. The van der Waals surface area contributed by atoms with Crippen molar-refractivity contribution in [1.29, 1.82) is 0 Å². The number of fused-ring (bicyclic) bond motifs is 1. The molecule has 130 valence electrons. The second-order valence-electron chi connectivity index (χ2n) is 6.41. The quantitative estimate of drug-likeness (QED) is 0.560. The normalized spacial score (nSPS) is 32.1. The summed E-state index contributed by atoms with van der Waals surface area (Å²) in [4.78, 5) is 37.5. The highest BCUT2D eigenvalue weighted by Gasteiger charge is 2.65. The fraction of sp³-hybridized carbons (Fsp3) is 0.389. The largest absolute Gasteiger partial charge is 0.550 e. The lowest BCUT2D eigenvalue weighted by atomic mass is 9.77. The predicted molar refractivity (Wildman–Crippen MR) is 83.5 cm³/mol. The van der Waals surface area contributed by atoms with Crippen LogP contribution in [0.3, 0.4) is 0 Å². The Hall–Kier alpha value is -2.67. The van der Waals surface area contributed by atoms with Crippen LogP contribution in [0.1, 0.15) is 17.3 Å². The van der Waals surface area contributed by atoms with Crippen molar-refractivity contribution in [3.63, 3.8) is 0 Å². The minimum Gasteiger partial charge on any atom is -0.550 e. The lowest BCUT2D eigenvalue weighted by Gasteiger charge is -2.24. The van der Waals surface area contributed by atoms with E-state index in [1.54, 1.807) is 43.3 Å². The van der Waals surface area contributed by atoms with E-state index in [2.05, 4.69) is 0 Å². The third-order valence-corrected chi connectivity index (χ3v) is 5.06. The van der Waals surface area contributed by atoms with Gasteiger partial charge in [0.05, 0.1) is 30.7 Å². The second-order valence-corrected chi connectivity index (χ2v) is 6.41. The Morgan fingerprint density at radius 2 is 2.08 bits per heavy atom. The van der Waals surface area contributed by atoms with E-state index < -0.39 is 35.5 Å². The van der Waals surface area contributed by atoms with Crippen molar-refractivity contribution in [2.24, 2.45) is 11.8 Å². The zero-order chi connectivity index (χ0) is 17.8. The van der Waals surface area contributed by atoms with E-state index in [0.29, 0.717) is 11.3 Å². The standard InChI is InChI=1S/C18H17NO6/c1-2-24-17(23)10-3-5-11(6-4-10)19-9-18-8-7-12(25-18)13(16(21)22)14(18)15(19)20/h3-8,12-14H,2,9H2,1H3,(H,21,22)/p-1/t12-,13+,14+,18-/m1/s1. The van der Waals surface area contributed by atoms with Crippen LogP contribution in [0.15, 0.2) is 36.4 Å². The van der Waals surface area contributed by atoms with Crippen molar-refractivity contribution in [3.05, 3.63) is 42.0 Å². The molecule has 2 fully saturated rings. The molecule has 0 saturated carbocycles. The van der Waals surface area contributed by atoms with Crippen molar-refractivity contribution in [2.45, 2.75) is 18.6 Å². The number of esters is 1. The predicted octanol–water partition coefficient (Wildman–Crippen LogP) is -0.100. The number of aliphatic carboxylic acids is 1. The van der Waals surface area contributed by atoms with Crippen molar-refractivity contribution < 1.29 is 29.0 Å². The number of anilines is 1. The number of hydrogen-bond acceptors (Lipinski definition) is 6. The SMILES string of the molecule is CCOC(=O)c1ccc(N2C[C@@]34C=C[C@@H](O3)[C@H](C(=O)[O-])[C@H]4C2=O)cc1. The fourth-order valence-electron chi connectivity index (χ4n) is 3.98. The molecular weight excluding hydrogens is 326 g/mol. The van der Waals surface area contributed by atoms with Gasteiger partial charge in [0.25, 0.3) is 0 Å². The molecule has 1 aromatic carbocycles. The van der Waals surface area contributed by atoms with E-state index in [1.807, 2.05) is 0 Å². The third kappa shape index (κ3) is 2.19. The molecule has 7 nitrogen and oxygen atoms in total. The number of amides is 1. The van der Waals surface area contributed by atoms with E-state index in [-0.39, 0.29) is 19.1 Å². The summed E-state index contributed by atoms with van der Waals surface area (Å²) in [6, 6.07) is 6.45. The first-order chi connectivity index (χ1) is 12.0. The van der Waals surface area contributed by atoms with Gasteiger partial charge in [0.1, 0.15) is 5.60 Å². The minimum atomic E-state index is -1.27. The van der Waals surface area contributed by atoms with Crippen LogP contribution in [0, 0.1) is 11.8 Å². The number of ether oxygens (including phenoxy) is 2. The van der Waals surface area contributed by atoms with Crippen LogP contribution in [-0.4, -0.2) is 42.7 Å². The monoisotopic (exact) mass is 342 g/mol. The van der Waals surface area contributed by atoms with E-state index in [1.165, 1.54) is 4.90 Å². The molecule has 2 saturated heterocycles. The summed E-state index contributed by atoms with van der Waals surface area (Å²) in [6.07, 6.45) is 2.87. The third-order valence-electron chi connectivity index (χ3n) is 5.06. The van der Waals surface area contributed by atoms with Gasteiger partial charge in [-0.25, -0.2) is 4.79 Å². The van der Waals surface area contributed by atoms with Crippen molar-refractivity contribution in [3.8, 4) is 0 Å². The Labute approximate surface area is 143 Å². The van der Waals surface area contributed by atoms with Crippen molar-refractivity contribution in [2.75, 3.05) is 18.1 Å². The molecule has 7 heteroatoms. The Bertz CT molecular complexity index is 785. The zero-order valence-electron chi connectivity index (χ0n) is 13.5. The summed E-state index contributed by atoms with van der Waals surface area (Å²) in [5.74, 6) is -3.75. The Kier molecular flexibility index (Phi) is 3.43. The highest BCUT2D eigenvalue weighted by atomic mass is 16.5. The first kappa shape index (κ1) is 15.8. The van der Waals surface area contributed by atoms with Crippen LogP contribution in [0.2, 0.25) is 0 Å². The number of carboxylic acids is 1. The van der Waals surface area contributed by atoms with Gasteiger partial charge in [0.2, 0.25) is 5.91 Å². The van der Waals surface area contributed by atoms with Gasteiger partial charge in [0.15, 0.2) is 0 Å². The number of nitrogens with zero attached hydrogens (tertiary/aromatic N) is 1. The van der Waals surface area contributed by atoms with Crippen molar-refractivity contribution in [1.82, 2.24) is 0 Å². The molecule has 0 aliphatic carbocycles. The van der Waals surface area contributed by atoms with Gasteiger partial charge in [0, 0.05) is 17.6 Å². The maximum Gasteiger partial charge on any atom is 0.338 e. The summed E-state index contributed by atoms with van der Waals surface area (Å²) in [7, 11) is 0. The lowest BCUT2D eigenvalue weighted by Crippen LogP contribution is -2.45. The highest BCUT2D eigenvalue weighted by molar-refractivity contribution is 6.02. The molecule has 4 rings (SSSR count). The van der Waals surface area contributed by atoms with Gasteiger partial charge in [-0.15, -0.1) is 0 Å². The van der Waals surface area contributed by atoms with Gasteiger partial charge in [-0.2, -0.15) is 0 Å². The number of benzene rings is 1. The van der Waals surface area contributed by atoms with Crippen LogP contribution >= 0.6 is 0 Å². The molecule has 0 unspecified atom stereocenters. The zero-order valence-corrected chi connectivity index (χ0v) is 13.5. The smallest absolute Gasteiger partial charge is 0.338 e. The van der Waals surface area contributed by atoms with E-state index >= 15 is 0 Å². The molecule has 2 bridgehead atoms. The van der Waals surface area contributed by atoms with Crippen molar-refractivity contribution >= 4 is 23.5 Å². The maximum absolute atomic E-state index is 12.8. The number of hydrogen-bond donors (Lipinski definition) is 0. The van der Waals surface area contributed by atoms with Gasteiger partial charge in [-0.3, -0.25) is 4.79 Å². The first-order valence-corrected chi connectivity index (χ1v) is 8.13. The van der Waals surface area contributed by atoms with E-state index in [9.17, 15) is 19.5 Å². The summed E-state index contributed by atoms with van der Waals surface area (Å²) >= 11 is 0. The summed E-state index contributed by atoms with van der Waals surface area (Å²) < 4.78 is 10.7. The average Bonchev–Trinajstić information content (AvgIpc) is 3.23. The van der Waals surface area contributed by atoms with E-state index in [0.717, 1.165) is 0 Å². The van der Waals surface area contributed by atoms with Crippen LogP contribution in [0.25, 0.3) is 0 Å². The van der Waals surface area contributed by atoms with Crippen LogP contribution in [0.4, 0.5) is 5.69 Å². The topological polar surface area (TPSA) is 96.0 Å². The molecule has 1 spiro atoms. The Morgan fingerprint density at radius 3 is 2.72 bits per heavy atom. The molecule has 0 N–H and O–H groups in total. The number of rotatable bonds is 4. The minimum absolute atomic E-state index is 0.242. The highest BCUT2D eigenvalue weighted by Crippen LogP contribution is 2.52. The molecular formula is C18H16NO6-. The summed E-state index contributed by atoms with van der Waals surface area (Å²) in [5.41, 5.74) is 0.0615. The number of carbonyl (C=O) groups excluding carboxylic acids is 3. The molecule has 1 aromatic rings. The van der Waals surface area contributed by atoms with Crippen LogP contribution in [-0.2, 0) is 19.1 Å². The number of carbonyl (C=O) groups is 3.